The fourth-order valence-electron chi connectivity index (χ4n) is 2.79. The molecule has 0 amide bonds. The molecule has 2 aromatic carbocycles. The van der Waals surface area contributed by atoms with Gasteiger partial charge in [0, 0.05) is 35.5 Å². The number of fused-ring (bicyclic) bond motifs is 1. The smallest absolute Gasteiger partial charge is 0.0994 e. The zero-order valence-corrected chi connectivity index (χ0v) is 12.6. The van der Waals surface area contributed by atoms with Crippen LogP contribution in [0.2, 0.25) is 0 Å². The van der Waals surface area contributed by atoms with Gasteiger partial charge in [0.05, 0.1) is 16.9 Å². The van der Waals surface area contributed by atoms with Crippen LogP contribution < -0.4 is 5.73 Å². The van der Waals surface area contributed by atoms with E-state index in [9.17, 15) is 0 Å². The van der Waals surface area contributed by atoms with E-state index in [0.29, 0.717) is 6.54 Å². The van der Waals surface area contributed by atoms with Crippen molar-refractivity contribution in [2.45, 2.75) is 6.54 Å². The van der Waals surface area contributed by atoms with Crippen molar-refractivity contribution >= 4 is 10.9 Å². The van der Waals surface area contributed by atoms with Gasteiger partial charge in [-0.3, -0.25) is 4.98 Å². The molecule has 0 saturated carbocycles. The minimum Gasteiger partial charge on any atom is -0.326 e. The normalized spacial score (nSPS) is 11.0. The average molecular weight is 300 g/mol. The highest BCUT2D eigenvalue weighted by Gasteiger charge is 2.14. The second-order valence-electron chi connectivity index (χ2n) is 5.37. The molecule has 2 N–H and O–H groups in total. The molecule has 0 atom stereocenters. The lowest BCUT2D eigenvalue weighted by molar-refractivity contribution is 0.883. The van der Waals surface area contributed by atoms with E-state index in [4.69, 9.17) is 10.8 Å². The molecular weight excluding hydrogens is 284 g/mol. The molecule has 4 rings (SSSR count). The van der Waals surface area contributed by atoms with Crippen molar-refractivity contribution < 1.29 is 0 Å². The summed E-state index contributed by atoms with van der Waals surface area (Å²) in [6.07, 6.45) is 3.80. The Morgan fingerprint density at radius 1 is 0.913 bits per heavy atom. The van der Waals surface area contributed by atoms with Gasteiger partial charge in [-0.25, -0.2) is 4.68 Å². The highest BCUT2D eigenvalue weighted by Crippen LogP contribution is 2.29. The van der Waals surface area contributed by atoms with Gasteiger partial charge in [-0.1, -0.05) is 42.5 Å². The van der Waals surface area contributed by atoms with Crippen molar-refractivity contribution in [3.8, 4) is 16.9 Å². The Kier molecular flexibility index (Phi) is 3.37. The van der Waals surface area contributed by atoms with Crippen LogP contribution in [0.4, 0.5) is 0 Å². The van der Waals surface area contributed by atoms with Crippen molar-refractivity contribution in [3.05, 3.63) is 78.6 Å². The number of pyridine rings is 1. The Bertz CT molecular complexity index is 952. The fourth-order valence-corrected chi connectivity index (χ4v) is 2.79. The van der Waals surface area contributed by atoms with Gasteiger partial charge in [0.1, 0.15) is 0 Å². The lowest BCUT2D eigenvalue weighted by atomic mass is 10.0. The Labute approximate surface area is 134 Å². The largest absolute Gasteiger partial charge is 0.326 e. The van der Waals surface area contributed by atoms with E-state index >= 15 is 0 Å². The molecule has 4 nitrogen and oxygen atoms in total. The fraction of sp³-hybridized carbons (Fsp3) is 0.0526. The molecule has 0 aliphatic heterocycles. The van der Waals surface area contributed by atoms with E-state index in [0.717, 1.165) is 33.4 Å². The Morgan fingerprint density at radius 3 is 2.57 bits per heavy atom. The summed E-state index contributed by atoms with van der Waals surface area (Å²) in [5.41, 5.74) is 10.8. The quantitative estimate of drug-likeness (QED) is 0.629. The summed E-state index contributed by atoms with van der Waals surface area (Å²) >= 11 is 0. The number of rotatable bonds is 3. The number of hydrogen-bond donors (Lipinski definition) is 1. The van der Waals surface area contributed by atoms with Crippen molar-refractivity contribution in [3.63, 3.8) is 0 Å². The molecule has 0 unspecified atom stereocenters. The van der Waals surface area contributed by atoms with Gasteiger partial charge in [-0.15, -0.1) is 0 Å². The first-order valence-corrected chi connectivity index (χ1v) is 7.55. The first-order valence-electron chi connectivity index (χ1n) is 7.55. The summed E-state index contributed by atoms with van der Waals surface area (Å²) in [7, 11) is 0. The third-order valence-corrected chi connectivity index (χ3v) is 3.92. The number of nitrogens with zero attached hydrogens (tertiary/aromatic N) is 3. The molecule has 4 heteroatoms. The van der Waals surface area contributed by atoms with Crippen LogP contribution in [-0.4, -0.2) is 14.8 Å². The maximum atomic E-state index is 5.95. The SMILES string of the molecule is NCc1cn(-c2ccccc2)nc1-c1cccc2cccnc12. The van der Waals surface area contributed by atoms with Gasteiger partial charge in [-0.2, -0.15) is 5.10 Å². The van der Waals surface area contributed by atoms with Gasteiger partial charge in [0.25, 0.3) is 0 Å². The predicted molar refractivity (Wildman–Crippen MR) is 92.2 cm³/mol. The number of aromatic nitrogens is 3. The van der Waals surface area contributed by atoms with E-state index in [1.54, 1.807) is 0 Å². The second-order valence-corrected chi connectivity index (χ2v) is 5.37. The van der Waals surface area contributed by atoms with Gasteiger partial charge < -0.3 is 5.73 Å². The highest BCUT2D eigenvalue weighted by molar-refractivity contribution is 5.93. The molecule has 0 saturated heterocycles. The Morgan fingerprint density at radius 2 is 1.74 bits per heavy atom. The van der Waals surface area contributed by atoms with E-state index in [1.165, 1.54) is 0 Å². The second kappa shape index (κ2) is 5.66. The molecule has 0 fully saturated rings. The van der Waals surface area contributed by atoms with E-state index in [2.05, 4.69) is 17.1 Å². The summed E-state index contributed by atoms with van der Waals surface area (Å²) in [6, 6.07) is 20.2. The third kappa shape index (κ3) is 2.39. The topological polar surface area (TPSA) is 56.7 Å². The summed E-state index contributed by atoms with van der Waals surface area (Å²) in [6.45, 7) is 0.436. The van der Waals surface area contributed by atoms with E-state index in [1.807, 2.05) is 65.6 Å². The first-order chi connectivity index (χ1) is 11.4. The van der Waals surface area contributed by atoms with Crippen molar-refractivity contribution in [1.82, 2.24) is 14.8 Å². The lowest BCUT2D eigenvalue weighted by Crippen LogP contribution is -1.97. The average Bonchev–Trinajstić information content (AvgIpc) is 3.06. The Balaban J connectivity index is 1.93. The molecule has 23 heavy (non-hydrogen) atoms. The monoisotopic (exact) mass is 300 g/mol. The van der Waals surface area contributed by atoms with Crippen LogP contribution in [0.15, 0.2) is 73.1 Å². The maximum Gasteiger partial charge on any atom is 0.0994 e. The van der Waals surface area contributed by atoms with Gasteiger partial charge in [0.2, 0.25) is 0 Å². The van der Waals surface area contributed by atoms with Crippen LogP contribution in [0.1, 0.15) is 5.56 Å². The zero-order valence-electron chi connectivity index (χ0n) is 12.6. The van der Waals surface area contributed by atoms with E-state index < -0.39 is 0 Å². The number of para-hydroxylation sites is 2. The maximum absolute atomic E-state index is 5.95. The molecule has 0 bridgehead atoms. The minimum absolute atomic E-state index is 0.436. The van der Waals surface area contributed by atoms with E-state index in [-0.39, 0.29) is 0 Å². The molecular formula is C19H16N4. The summed E-state index contributed by atoms with van der Waals surface area (Å²) in [4.78, 5) is 4.52. The zero-order chi connectivity index (χ0) is 15.6. The van der Waals surface area contributed by atoms with Gasteiger partial charge >= 0.3 is 0 Å². The van der Waals surface area contributed by atoms with Crippen LogP contribution in [0.25, 0.3) is 27.8 Å². The molecule has 0 spiro atoms. The van der Waals surface area contributed by atoms with Crippen LogP contribution in [0.3, 0.4) is 0 Å². The van der Waals surface area contributed by atoms with Crippen molar-refractivity contribution in [2.24, 2.45) is 5.73 Å². The number of benzene rings is 2. The summed E-state index contributed by atoms with van der Waals surface area (Å²) in [5.74, 6) is 0. The molecule has 2 heterocycles. The third-order valence-electron chi connectivity index (χ3n) is 3.92. The number of nitrogens with two attached hydrogens (primary N) is 1. The Hall–Kier alpha value is -2.98. The van der Waals surface area contributed by atoms with Crippen LogP contribution in [0.5, 0.6) is 0 Å². The molecule has 2 aromatic heterocycles. The standard InChI is InChI=1S/C19H16N4/c20-12-15-13-23(16-8-2-1-3-9-16)22-19(15)17-10-4-6-14-7-5-11-21-18(14)17/h1-11,13H,12,20H2. The van der Waals surface area contributed by atoms with Crippen LogP contribution in [-0.2, 0) is 6.54 Å². The minimum atomic E-state index is 0.436. The van der Waals surface area contributed by atoms with Crippen molar-refractivity contribution in [2.75, 3.05) is 0 Å². The van der Waals surface area contributed by atoms with Gasteiger partial charge in [-0.05, 0) is 18.2 Å². The molecule has 0 aliphatic carbocycles. The number of hydrogen-bond acceptors (Lipinski definition) is 3. The molecule has 112 valence electrons. The summed E-state index contributed by atoms with van der Waals surface area (Å²) in [5, 5.41) is 5.87. The van der Waals surface area contributed by atoms with Crippen molar-refractivity contribution in [1.29, 1.82) is 0 Å². The molecule has 4 aromatic rings. The van der Waals surface area contributed by atoms with Crippen LogP contribution >= 0.6 is 0 Å². The highest BCUT2D eigenvalue weighted by atomic mass is 15.3. The first kappa shape index (κ1) is 13.7. The lowest BCUT2D eigenvalue weighted by Gasteiger charge is -2.04. The molecule has 0 aliphatic rings. The summed E-state index contributed by atoms with van der Waals surface area (Å²) < 4.78 is 1.87. The predicted octanol–water partition coefficient (Wildman–Crippen LogP) is 3.55. The molecule has 0 radical (unpaired) electrons. The van der Waals surface area contributed by atoms with Gasteiger partial charge in [0.15, 0.2) is 0 Å². The van der Waals surface area contributed by atoms with Crippen LogP contribution in [0, 0.1) is 0 Å².